The van der Waals surface area contributed by atoms with Crippen molar-refractivity contribution in [3.05, 3.63) is 201 Å². The molecule has 0 atom stereocenters. The molecule has 0 amide bonds. The number of nitrogens with zero attached hydrogens (tertiary/aromatic N) is 27. The summed E-state index contributed by atoms with van der Waals surface area (Å²) in [6.45, 7) is 47.9. The number of aryl methyl sites for hydroxylation is 30. The van der Waals surface area contributed by atoms with Gasteiger partial charge >= 0.3 is 0 Å². The van der Waals surface area contributed by atoms with Gasteiger partial charge in [0.15, 0.2) is 17.6 Å². The zero-order chi connectivity index (χ0) is 76.5. The smallest absolute Gasteiger partial charge is 0.223 e. The number of imidazole rings is 1. The van der Waals surface area contributed by atoms with Crippen molar-refractivity contribution in [2.45, 2.75) is 173 Å². The second-order valence-electron chi connectivity index (χ2n) is 22.0. The monoisotopic (exact) mass is 1470 g/mol. The fourth-order valence-electron chi connectivity index (χ4n) is 6.89. The molecule has 0 spiro atoms. The third-order valence-corrected chi connectivity index (χ3v) is 14.7. The first-order chi connectivity index (χ1) is 47.3. The Hall–Kier alpha value is -9.87. The Balaban J connectivity index is 0.000000544. The molecule has 0 unspecified atom stereocenters. The fourth-order valence-corrected chi connectivity index (χ4v) is 9.23. The summed E-state index contributed by atoms with van der Waals surface area (Å²) in [5.41, 5.74) is 7.61. The van der Waals surface area contributed by atoms with Crippen molar-refractivity contribution in [2.75, 3.05) is 0 Å². The lowest BCUT2D eigenvalue weighted by Crippen LogP contribution is -1.92. The summed E-state index contributed by atoms with van der Waals surface area (Å²) < 4.78 is 34.2. The zero-order valence-corrected chi connectivity index (χ0v) is 67.9. The normalized spacial score (nSPS) is 9.53. The Labute approximate surface area is 609 Å². The van der Waals surface area contributed by atoms with Gasteiger partial charge in [-0.1, -0.05) is 10.4 Å². The van der Waals surface area contributed by atoms with E-state index in [-0.39, 0.29) is 0 Å². The van der Waals surface area contributed by atoms with Gasteiger partial charge in [0, 0.05) is 123 Å². The maximum atomic E-state index is 4.97. The van der Waals surface area contributed by atoms with Crippen LogP contribution in [0.2, 0.25) is 0 Å². The first kappa shape index (κ1) is 89.1. The first-order valence-corrected chi connectivity index (χ1v) is 34.6. The molecule has 0 saturated carbocycles. The van der Waals surface area contributed by atoms with Gasteiger partial charge in [0.05, 0.1) is 51.5 Å². The standard InChI is InChI=1S/C6H10N2.2C5H9N3.2C5H8N2.2C5H7NO.2C5H7NS.C4H7N3.2C4H6N2O.2C4H6N2S/c1-5-4-6(2)8(3)7-5;1-4-6-7-5(2)8(4)3;1-4-6-5(2)8(3)7-4;1-5-3-7(2)4-6-5;1-5-3-6-7(2)4-5;1-4-3-7-5(2)6-4;1-4-3-6-5(2)7-4;1-4-3-7-5(2)6-4;1-4-3-6-5(2)7-4;1-4-3-7(2)6-5-4;1-3-5-6-4(2)7-3;1-3-5-4(2)7-6-3;1-3-5-6-4(2)7-3;1-3-5-4(2)7-6-3/h4H,1-3H3;2*1-3H3;2*3-4H,1-2H3;5*3H,1-2H3;4*1-2H3. The summed E-state index contributed by atoms with van der Waals surface area (Å²) >= 11 is 6.49. The van der Waals surface area contributed by atoms with Gasteiger partial charge in [0.2, 0.25) is 17.7 Å². The van der Waals surface area contributed by atoms with E-state index in [1.165, 1.54) is 27.7 Å². The molecular weight excluding hydrogens is 1360 g/mol. The molecule has 14 aromatic rings. The first-order valence-electron chi connectivity index (χ1n) is 31.3. The quantitative estimate of drug-likeness (QED) is 0.136. The van der Waals surface area contributed by atoms with E-state index in [2.05, 4.69) is 128 Å². The van der Waals surface area contributed by atoms with Gasteiger partial charge in [0.1, 0.15) is 56.2 Å². The molecule has 0 aliphatic heterocycles. The molecule has 14 rings (SSSR count). The zero-order valence-electron chi connectivity index (χ0n) is 64.6. The van der Waals surface area contributed by atoms with E-state index in [0.717, 1.165) is 100 Å². The predicted molar refractivity (Wildman–Crippen MR) is 397 cm³/mol. The maximum Gasteiger partial charge on any atom is 0.223 e. The van der Waals surface area contributed by atoms with Crippen LogP contribution in [0.4, 0.5) is 0 Å². The number of hydrogen-bond acceptors (Lipinski definition) is 29. The van der Waals surface area contributed by atoms with Crippen LogP contribution in [0.1, 0.15) is 140 Å². The highest BCUT2D eigenvalue weighted by Gasteiger charge is 1.98. The van der Waals surface area contributed by atoms with E-state index >= 15 is 0 Å². The van der Waals surface area contributed by atoms with Crippen LogP contribution in [-0.4, -0.2) is 133 Å². The minimum Gasteiger partial charge on any atom is -0.449 e. The number of aromatic nitrogens is 27. The van der Waals surface area contributed by atoms with Crippen molar-refractivity contribution in [3.8, 4) is 0 Å². The van der Waals surface area contributed by atoms with Crippen LogP contribution >= 0.6 is 45.5 Å². The lowest BCUT2D eigenvalue weighted by Gasteiger charge is -1.90. The highest BCUT2D eigenvalue weighted by molar-refractivity contribution is 7.11. The molecule has 0 saturated heterocycles. The third-order valence-electron chi connectivity index (χ3n) is 11.5. The number of hydrogen-bond donors (Lipinski definition) is 0. The summed E-state index contributed by atoms with van der Waals surface area (Å²) in [6, 6.07) is 2.06. The van der Waals surface area contributed by atoms with E-state index in [1.807, 2.05) is 226 Å². The Bertz CT molecular complexity index is 3410. The molecule has 0 N–H and O–H groups in total. The van der Waals surface area contributed by atoms with Gasteiger partial charge in [-0.05, 0) is 162 Å². The third kappa shape index (κ3) is 44.0. The van der Waals surface area contributed by atoms with Crippen LogP contribution in [0, 0.1) is 173 Å². The molecule has 550 valence electrons. The summed E-state index contributed by atoms with van der Waals surface area (Å²) in [5, 5.41) is 52.9. The van der Waals surface area contributed by atoms with Crippen molar-refractivity contribution in [2.24, 2.45) is 42.3 Å². The minimum atomic E-state index is 0.623. The lowest BCUT2D eigenvalue weighted by molar-refractivity contribution is 0.389. The van der Waals surface area contributed by atoms with Gasteiger partial charge in [-0.3, -0.25) is 18.7 Å². The van der Waals surface area contributed by atoms with Gasteiger partial charge < -0.3 is 26.9 Å². The molecule has 0 fully saturated rings. The molecule has 0 aliphatic carbocycles. The SMILES string of the molecule is Cc1cc(C)n(C)n1.Cc1cn(C)cn1.Cc1cn(C)nn1.Cc1cnc(C)o1.Cc1cnc(C)s1.Cc1cnn(C)c1.Cc1coc(C)n1.Cc1csc(C)n1.Cc1nc(C)n(C)n1.Cc1nnc(C)n1C.Cc1nnc(C)o1.Cc1nnc(C)s1.Cc1noc(C)n1.Cc1nsc(C)n1. The Morgan fingerprint density at radius 2 is 1.05 bits per heavy atom. The Kier molecular flexibility index (Phi) is 42.4. The molecule has 35 heteroatoms. The van der Waals surface area contributed by atoms with E-state index in [9.17, 15) is 0 Å². The predicted octanol–water partition coefficient (Wildman–Crippen LogP) is 13.3. The lowest BCUT2D eigenvalue weighted by atomic mass is 10.4. The molecule has 14 aromatic heterocycles. The van der Waals surface area contributed by atoms with Crippen molar-refractivity contribution in [3.63, 3.8) is 0 Å². The molecule has 0 aromatic carbocycles. The number of thiazole rings is 2. The van der Waals surface area contributed by atoms with Gasteiger partial charge in [-0.2, -0.15) is 24.7 Å². The van der Waals surface area contributed by atoms with Gasteiger partial charge in [0.25, 0.3) is 0 Å². The topological polar surface area (TPSA) is 353 Å². The Morgan fingerprint density at radius 1 is 0.416 bits per heavy atom. The summed E-state index contributed by atoms with van der Waals surface area (Å²) in [6.07, 6.45) is 14.7. The highest BCUT2D eigenvalue weighted by Crippen LogP contribution is 2.09. The Morgan fingerprint density at radius 3 is 1.19 bits per heavy atom. The summed E-state index contributed by atoms with van der Waals surface area (Å²) in [7, 11) is 11.5. The maximum absolute atomic E-state index is 4.97. The summed E-state index contributed by atoms with van der Waals surface area (Å²) in [5.74, 6) is 9.50. The minimum absolute atomic E-state index is 0.623. The van der Waals surface area contributed by atoms with Crippen LogP contribution in [0.25, 0.3) is 0 Å². The average Bonchev–Trinajstić information content (AvgIpc) is 1.79. The van der Waals surface area contributed by atoms with E-state index in [1.54, 1.807) is 94.5 Å². The number of oxazole rings is 2. The average molecular weight is 1470 g/mol. The van der Waals surface area contributed by atoms with Gasteiger partial charge in [-0.15, -0.1) is 69.7 Å². The van der Waals surface area contributed by atoms with E-state index < -0.39 is 0 Å². The molecule has 14 heterocycles. The van der Waals surface area contributed by atoms with Crippen LogP contribution in [0.3, 0.4) is 0 Å². The van der Waals surface area contributed by atoms with Crippen molar-refractivity contribution in [1.29, 1.82) is 0 Å². The molecule has 0 bridgehead atoms. The molecule has 31 nitrogen and oxygen atoms in total. The number of rotatable bonds is 0. The van der Waals surface area contributed by atoms with Crippen molar-refractivity contribution >= 4 is 45.5 Å². The molecule has 0 aliphatic rings. The van der Waals surface area contributed by atoms with E-state index in [4.69, 9.17) is 13.3 Å². The fraction of sp³-hybridized carbons (Fsp3) is 0.470. The van der Waals surface area contributed by atoms with Crippen LogP contribution in [0.15, 0.2) is 79.0 Å². The second kappa shape index (κ2) is 48.0. The molecular formula is C66H103N27O4S4. The van der Waals surface area contributed by atoms with Gasteiger partial charge in [-0.25, -0.2) is 34.9 Å². The van der Waals surface area contributed by atoms with Crippen LogP contribution in [-0.2, 0) is 42.3 Å². The summed E-state index contributed by atoms with van der Waals surface area (Å²) in [4.78, 5) is 33.1. The molecule has 101 heavy (non-hydrogen) atoms. The largest absolute Gasteiger partial charge is 0.449 e. The second-order valence-corrected chi connectivity index (χ2v) is 26.9. The highest BCUT2D eigenvalue weighted by atomic mass is 32.1. The molecule has 0 radical (unpaired) electrons. The van der Waals surface area contributed by atoms with E-state index in [0.29, 0.717) is 23.5 Å². The van der Waals surface area contributed by atoms with Crippen LogP contribution in [0.5, 0.6) is 0 Å². The van der Waals surface area contributed by atoms with Crippen molar-refractivity contribution in [1.82, 2.24) is 133 Å². The van der Waals surface area contributed by atoms with Crippen molar-refractivity contribution < 1.29 is 17.8 Å². The van der Waals surface area contributed by atoms with Crippen LogP contribution < -0.4 is 0 Å².